The molecular formula is C20H16ClN3. The van der Waals surface area contributed by atoms with Gasteiger partial charge in [-0.25, -0.2) is 4.98 Å². The molecule has 0 aliphatic carbocycles. The number of nitriles is 1. The van der Waals surface area contributed by atoms with Gasteiger partial charge in [0, 0.05) is 22.5 Å². The van der Waals surface area contributed by atoms with E-state index in [4.69, 9.17) is 11.6 Å². The molecule has 0 fully saturated rings. The van der Waals surface area contributed by atoms with Crippen LogP contribution in [0.1, 0.15) is 16.7 Å². The maximum absolute atomic E-state index is 9.47. The molecule has 0 unspecified atom stereocenters. The molecule has 4 heteroatoms. The molecule has 0 aliphatic heterocycles. The van der Waals surface area contributed by atoms with Crippen LogP contribution in [0, 0.1) is 25.2 Å². The Labute approximate surface area is 146 Å². The number of nitrogens with one attached hydrogen (secondary N) is 1. The van der Waals surface area contributed by atoms with Crippen molar-refractivity contribution in [1.82, 2.24) is 4.98 Å². The molecular weight excluding hydrogens is 318 g/mol. The molecule has 1 N–H and O–H groups in total. The van der Waals surface area contributed by atoms with Crippen LogP contribution in [-0.4, -0.2) is 4.98 Å². The van der Waals surface area contributed by atoms with Gasteiger partial charge in [0.15, 0.2) is 0 Å². The fourth-order valence-electron chi connectivity index (χ4n) is 2.63. The highest BCUT2D eigenvalue weighted by molar-refractivity contribution is 6.30. The summed E-state index contributed by atoms with van der Waals surface area (Å²) in [5.74, 6) is 0.556. The van der Waals surface area contributed by atoms with E-state index < -0.39 is 0 Å². The van der Waals surface area contributed by atoms with Crippen molar-refractivity contribution in [3.8, 4) is 17.2 Å². The summed E-state index contributed by atoms with van der Waals surface area (Å²) in [7, 11) is 0. The van der Waals surface area contributed by atoms with Crippen molar-refractivity contribution in [2.45, 2.75) is 13.8 Å². The molecule has 0 radical (unpaired) electrons. The second-order valence-corrected chi connectivity index (χ2v) is 6.18. The zero-order chi connectivity index (χ0) is 17.1. The largest absolute Gasteiger partial charge is 0.339 e. The Hall–Kier alpha value is -2.83. The first-order valence-corrected chi connectivity index (χ1v) is 7.94. The van der Waals surface area contributed by atoms with Crippen LogP contribution in [0.15, 0.2) is 54.7 Å². The standard InChI is InChI=1S/C20H16ClN3/c1-13-7-14(2)9-19(8-13)24-20-16(11-22)10-17(12-23-20)15-3-5-18(21)6-4-15/h3-10,12H,1-2H3,(H,23,24). The summed E-state index contributed by atoms with van der Waals surface area (Å²) in [4.78, 5) is 4.44. The average Bonchev–Trinajstić information content (AvgIpc) is 2.55. The van der Waals surface area contributed by atoms with Gasteiger partial charge in [-0.3, -0.25) is 0 Å². The maximum atomic E-state index is 9.47. The van der Waals surface area contributed by atoms with Crippen LogP contribution >= 0.6 is 11.6 Å². The fourth-order valence-corrected chi connectivity index (χ4v) is 2.76. The number of rotatable bonds is 3. The third kappa shape index (κ3) is 3.56. The SMILES string of the molecule is Cc1cc(C)cc(Nc2ncc(-c3ccc(Cl)cc3)cc2C#N)c1. The van der Waals surface area contributed by atoms with Crippen LogP contribution in [0.3, 0.4) is 0 Å². The molecule has 0 aliphatic rings. The zero-order valence-corrected chi connectivity index (χ0v) is 14.2. The van der Waals surface area contributed by atoms with Crippen molar-refractivity contribution in [3.05, 3.63) is 76.4 Å². The molecule has 1 aromatic heterocycles. The monoisotopic (exact) mass is 333 g/mol. The summed E-state index contributed by atoms with van der Waals surface area (Å²) in [6.45, 7) is 4.08. The van der Waals surface area contributed by atoms with Crippen molar-refractivity contribution in [3.63, 3.8) is 0 Å². The minimum Gasteiger partial charge on any atom is -0.339 e. The van der Waals surface area contributed by atoms with E-state index >= 15 is 0 Å². The normalized spacial score (nSPS) is 10.2. The van der Waals surface area contributed by atoms with E-state index in [1.165, 1.54) is 0 Å². The summed E-state index contributed by atoms with van der Waals surface area (Å²) in [6.07, 6.45) is 1.76. The molecule has 0 spiro atoms. The number of pyridine rings is 1. The van der Waals surface area contributed by atoms with E-state index in [1.807, 2.05) is 56.3 Å². The van der Waals surface area contributed by atoms with Crippen molar-refractivity contribution >= 4 is 23.1 Å². The Morgan fingerprint density at radius 2 is 1.62 bits per heavy atom. The van der Waals surface area contributed by atoms with Crippen LogP contribution in [0.2, 0.25) is 5.02 Å². The average molecular weight is 334 g/mol. The molecule has 3 nitrogen and oxygen atoms in total. The fraction of sp³-hybridized carbons (Fsp3) is 0.100. The highest BCUT2D eigenvalue weighted by Gasteiger charge is 2.08. The lowest BCUT2D eigenvalue weighted by atomic mass is 10.1. The molecule has 1 heterocycles. The van der Waals surface area contributed by atoms with E-state index in [2.05, 4.69) is 22.4 Å². The van der Waals surface area contributed by atoms with E-state index in [-0.39, 0.29) is 0 Å². The van der Waals surface area contributed by atoms with Gasteiger partial charge in [0.2, 0.25) is 0 Å². The first-order valence-electron chi connectivity index (χ1n) is 7.56. The molecule has 3 rings (SSSR count). The van der Waals surface area contributed by atoms with Gasteiger partial charge in [0.25, 0.3) is 0 Å². The molecule has 0 saturated carbocycles. The zero-order valence-electron chi connectivity index (χ0n) is 13.5. The van der Waals surface area contributed by atoms with E-state index in [9.17, 15) is 5.26 Å². The third-order valence-corrected chi connectivity index (χ3v) is 3.92. The highest BCUT2D eigenvalue weighted by atomic mass is 35.5. The van der Waals surface area contributed by atoms with E-state index in [0.29, 0.717) is 16.4 Å². The Morgan fingerprint density at radius 1 is 0.958 bits per heavy atom. The summed E-state index contributed by atoms with van der Waals surface area (Å²) in [5, 5.41) is 13.4. The molecule has 118 valence electrons. The molecule has 0 saturated heterocycles. The maximum Gasteiger partial charge on any atom is 0.148 e. The molecule has 2 aromatic carbocycles. The lowest BCUT2D eigenvalue weighted by Crippen LogP contribution is -1.98. The second-order valence-electron chi connectivity index (χ2n) is 5.74. The van der Waals surface area contributed by atoms with Crippen molar-refractivity contribution in [2.24, 2.45) is 0 Å². The first kappa shape index (κ1) is 16.0. The minimum absolute atomic E-state index is 0.501. The van der Waals surface area contributed by atoms with Gasteiger partial charge < -0.3 is 5.32 Å². The number of anilines is 2. The van der Waals surface area contributed by atoms with Gasteiger partial charge in [0.05, 0.1) is 5.56 Å². The number of hydrogen-bond acceptors (Lipinski definition) is 3. The minimum atomic E-state index is 0.501. The molecule has 24 heavy (non-hydrogen) atoms. The van der Waals surface area contributed by atoms with Crippen molar-refractivity contribution in [2.75, 3.05) is 5.32 Å². The van der Waals surface area contributed by atoms with Gasteiger partial charge >= 0.3 is 0 Å². The number of halogens is 1. The van der Waals surface area contributed by atoms with Crippen molar-refractivity contribution in [1.29, 1.82) is 5.26 Å². The van der Waals surface area contributed by atoms with E-state index in [0.717, 1.165) is 27.9 Å². The summed E-state index contributed by atoms with van der Waals surface area (Å²) in [6, 6.07) is 17.7. The highest BCUT2D eigenvalue weighted by Crippen LogP contribution is 2.26. The predicted octanol–water partition coefficient (Wildman–Crippen LogP) is 5.63. The number of benzene rings is 2. The van der Waals surface area contributed by atoms with Gasteiger partial charge in [-0.1, -0.05) is 29.8 Å². The second kappa shape index (κ2) is 6.74. The Bertz CT molecular complexity index is 904. The Kier molecular flexibility index (Phi) is 4.50. The molecule has 0 atom stereocenters. The smallest absolute Gasteiger partial charge is 0.148 e. The summed E-state index contributed by atoms with van der Waals surface area (Å²) in [5.41, 5.74) is 5.61. The Balaban J connectivity index is 1.95. The predicted molar refractivity (Wildman–Crippen MR) is 98.6 cm³/mol. The topological polar surface area (TPSA) is 48.7 Å². The summed E-state index contributed by atoms with van der Waals surface area (Å²) < 4.78 is 0. The van der Waals surface area contributed by atoms with Crippen LogP contribution in [0.4, 0.5) is 11.5 Å². The third-order valence-electron chi connectivity index (χ3n) is 3.67. The van der Waals surface area contributed by atoms with Gasteiger partial charge in [-0.2, -0.15) is 5.26 Å². The molecule has 3 aromatic rings. The van der Waals surface area contributed by atoms with Crippen LogP contribution in [0.25, 0.3) is 11.1 Å². The van der Waals surface area contributed by atoms with Gasteiger partial charge in [0.1, 0.15) is 11.9 Å². The number of nitrogens with zero attached hydrogens (tertiary/aromatic N) is 2. The van der Waals surface area contributed by atoms with Gasteiger partial charge in [-0.15, -0.1) is 0 Å². The van der Waals surface area contributed by atoms with Crippen LogP contribution < -0.4 is 5.32 Å². The molecule has 0 bridgehead atoms. The van der Waals surface area contributed by atoms with Crippen molar-refractivity contribution < 1.29 is 0 Å². The molecule has 0 amide bonds. The Morgan fingerprint density at radius 3 is 2.25 bits per heavy atom. The van der Waals surface area contributed by atoms with Crippen LogP contribution in [-0.2, 0) is 0 Å². The van der Waals surface area contributed by atoms with Crippen LogP contribution in [0.5, 0.6) is 0 Å². The lowest BCUT2D eigenvalue weighted by Gasteiger charge is -2.11. The number of hydrogen-bond donors (Lipinski definition) is 1. The van der Waals surface area contributed by atoms with Gasteiger partial charge in [-0.05, 0) is 60.9 Å². The lowest BCUT2D eigenvalue weighted by molar-refractivity contribution is 1.28. The summed E-state index contributed by atoms with van der Waals surface area (Å²) >= 11 is 5.92. The first-order chi connectivity index (χ1) is 11.5. The quantitative estimate of drug-likeness (QED) is 0.675. The number of aromatic nitrogens is 1. The van der Waals surface area contributed by atoms with E-state index in [1.54, 1.807) is 6.20 Å². The number of aryl methyl sites for hydroxylation is 2.